The van der Waals surface area contributed by atoms with E-state index in [4.69, 9.17) is 4.74 Å². The second-order valence-corrected chi connectivity index (χ2v) is 10.6. The number of carboxylic acid groups (broad SMARTS) is 1. The van der Waals surface area contributed by atoms with Gasteiger partial charge in [0.2, 0.25) is 0 Å². The van der Waals surface area contributed by atoms with Gasteiger partial charge in [0, 0.05) is 43.1 Å². The van der Waals surface area contributed by atoms with E-state index in [1.807, 2.05) is 10.9 Å². The molecule has 1 aromatic heterocycles. The Kier molecular flexibility index (Phi) is 8.81. The van der Waals surface area contributed by atoms with Crippen LogP contribution in [0.2, 0.25) is 0 Å². The van der Waals surface area contributed by atoms with Gasteiger partial charge in [-0.1, -0.05) is 24.5 Å². The lowest BCUT2D eigenvalue weighted by molar-refractivity contribution is -0.167. The standard InChI is InChI=1S/C27H38N4O6/c1-16-10-20(11-17(2)25(16)33)26(34)28-13-21(32)12-24-19(8-9-23(37-24)27(35)36)14-31-15-22(29-30-31)18-6-4-3-5-7-18/h10-11,15,18-19,21,23-24,32-33H,3-9,12-14H2,1-2H3,(H,28,34)(H,35,36). The van der Waals surface area contributed by atoms with Crippen molar-refractivity contribution in [3.05, 3.63) is 40.7 Å². The fraction of sp³-hybridized carbons (Fsp3) is 0.630. The second kappa shape index (κ2) is 12.0. The topological polar surface area (TPSA) is 147 Å². The van der Waals surface area contributed by atoms with Gasteiger partial charge in [-0.05, 0) is 62.8 Å². The number of aliphatic hydroxyl groups excluding tert-OH is 1. The van der Waals surface area contributed by atoms with Gasteiger partial charge in [-0.15, -0.1) is 5.10 Å². The van der Waals surface area contributed by atoms with E-state index in [1.54, 1.807) is 26.0 Å². The van der Waals surface area contributed by atoms with Gasteiger partial charge in [0.25, 0.3) is 5.91 Å². The Balaban J connectivity index is 1.36. The third kappa shape index (κ3) is 6.87. The van der Waals surface area contributed by atoms with E-state index in [-0.39, 0.29) is 30.5 Å². The molecule has 1 aromatic carbocycles. The van der Waals surface area contributed by atoms with Crippen LogP contribution in [0, 0.1) is 19.8 Å². The molecular formula is C27H38N4O6. The summed E-state index contributed by atoms with van der Waals surface area (Å²) in [5, 5.41) is 41.6. The molecule has 4 N–H and O–H groups in total. The van der Waals surface area contributed by atoms with E-state index in [9.17, 15) is 24.9 Å². The van der Waals surface area contributed by atoms with Crippen molar-refractivity contribution in [1.29, 1.82) is 0 Å². The highest BCUT2D eigenvalue weighted by atomic mass is 16.5. The Morgan fingerprint density at radius 1 is 1.14 bits per heavy atom. The van der Waals surface area contributed by atoms with E-state index in [0.29, 0.717) is 42.0 Å². The predicted octanol–water partition coefficient (Wildman–Crippen LogP) is 3.08. The Hall–Kier alpha value is -2.98. The average molecular weight is 515 g/mol. The largest absolute Gasteiger partial charge is 0.507 e. The number of rotatable bonds is 9. The number of aryl methyl sites for hydroxylation is 2. The normalized spacial score (nSPS) is 23.5. The number of aliphatic carboxylic acids is 1. The molecule has 4 atom stereocenters. The highest BCUT2D eigenvalue weighted by molar-refractivity contribution is 5.94. The van der Waals surface area contributed by atoms with Crippen molar-refractivity contribution in [1.82, 2.24) is 20.3 Å². The van der Waals surface area contributed by atoms with Crippen LogP contribution in [0.3, 0.4) is 0 Å². The van der Waals surface area contributed by atoms with E-state index in [0.717, 1.165) is 18.5 Å². The van der Waals surface area contributed by atoms with Crippen LogP contribution in [0.25, 0.3) is 0 Å². The summed E-state index contributed by atoms with van der Waals surface area (Å²) in [6.45, 7) is 3.97. The summed E-state index contributed by atoms with van der Waals surface area (Å²) in [5.74, 6) is -0.797. The van der Waals surface area contributed by atoms with Crippen LogP contribution in [0.1, 0.15) is 84.5 Å². The first kappa shape index (κ1) is 27.1. The minimum atomic E-state index is -1.01. The number of carbonyl (C=O) groups excluding carboxylic acids is 1. The molecule has 202 valence electrons. The van der Waals surface area contributed by atoms with E-state index >= 15 is 0 Å². The van der Waals surface area contributed by atoms with Crippen LogP contribution in [0.4, 0.5) is 0 Å². The summed E-state index contributed by atoms with van der Waals surface area (Å²) >= 11 is 0. The third-order valence-electron chi connectivity index (χ3n) is 7.70. The number of amides is 1. The molecule has 2 aromatic rings. The number of phenols is 1. The summed E-state index contributed by atoms with van der Waals surface area (Å²) in [6.07, 6.45) is 6.84. The first-order valence-electron chi connectivity index (χ1n) is 13.3. The number of carboxylic acids is 1. The highest BCUT2D eigenvalue weighted by Crippen LogP contribution is 2.33. The third-order valence-corrected chi connectivity index (χ3v) is 7.70. The van der Waals surface area contributed by atoms with Crippen LogP contribution in [-0.4, -0.2) is 67.0 Å². The van der Waals surface area contributed by atoms with Gasteiger partial charge in [0.05, 0.1) is 17.9 Å². The minimum Gasteiger partial charge on any atom is -0.507 e. The molecule has 4 unspecified atom stereocenters. The molecular weight excluding hydrogens is 476 g/mol. The van der Waals surface area contributed by atoms with Gasteiger partial charge in [-0.25, -0.2) is 4.79 Å². The number of aromatic hydroxyl groups is 1. The van der Waals surface area contributed by atoms with Crippen LogP contribution in [0.5, 0.6) is 5.75 Å². The van der Waals surface area contributed by atoms with E-state index in [1.165, 1.54) is 19.3 Å². The first-order chi connectivity index (χ1) is 17.7. The van der Waals surface area contributed by atoms with Crippen LogP contribution < -0.4 is 5.32 Å². The minimum absolute atomic E-state index is 0.00270. The summed E-state index contributed by atoms with van der Waals surface area (Å²) in [4.78, 5) is 24.2. The molecule has 2 heterocycles. The van der Waals surface area contributed by atoms with Crippen molar-refractivity contribution < 1.29 is 29.6 Å². The number of hydrogen-bond donors (Lipinski definition) is 4. The number of ether oxygens (including phenoxy) is 1. The van der Waals surface area contributed by atoms with Crippen LogP contribution in [-0.2, 0) is 16.1 Å². The van der Waals surface area contributed by atoms with Crippen molar-refractivity contribution in [3.63, 3.8) is 0 Å². The molecule has 0 bridgehead atoms. The maximum atomic E-state index is 12.6. The maximum Gasteiger partial charge on any atom is 0.332 e. The number of nitrogens with one attached hydrogen (secondary N) is 1. The molecule has 4 rings (SSSR count). The first-order valence-corrected chi connectivity index (χ1v) is 13.3. The maximum absolute atomic E-state index is 12.6. The van der Waals surface area contributed by atoms with Crippen molar-refractivity contribution >= 4 is 11.9 Å². The number of hydrogen-bond acceptors (Lipinski definition) is 7. The lowest BCUT2D eigenvalue weighted by Gasteiger charge is -2.36. The van der Waals surface area contributed by atoms with Gasteiger partial charge < -0.3 is 25.4 Å². The fourth-order valence-corrected chi connectivity index (χ4v) is 5.56. The van der Waals surface area contributed by atoms with Gasteiger partial charge in [0.1, 0.15) is 5.75 Å². The fourth-order valence-electron chi connectivity index (χ4n) is 5.56. The Morgan fingerprint density at radius 3 is 2.51 bits per heavy atom. The zero-order chi connectivity index (χ0) is 26.5. The molecule has 1 aliphatic heterocycles. The molecule has 2 aliphatic rings. The summed E-state index contributed by atoms with van der Waals surface area (Å²) in [6, 6.07) is 3.20. The van der Waals surface area contributed by atoms with Crippen LogP contribution in [0.15, 0.2) is 18.3 Å². The quantitative estimate of drug-likeness (QED) is 0.399. The molecule has 10 heteroatoms. The molecule has 1 aliphatic carbocycles. The number of aromatic nitrogens is 3. The highest BCUT2D eigenvalue weighted by Gasteiger charge is 2.36. The van der Waals surface area contributed by atoms with Gasteiger partial charge >= 0.3 is 5.97 Å². The van der Waals surface area contributed by atoms with Crippen molar-refractivity contribution in [2.24, 2.45) is 5.92 Å². The van der Waals surface area contributed by atoms with Crippen molar-refractivity contribution in [2.45, 2.75) is 96.0 Å². The summed E-state index contributed by atoms with van der Waals surface area (Å²) < 4.78 is 7.72. The number of nitrogens with zero attached hydrogens (tertiary/aromatic N) is 3. The molecule has 0 radical (unpaired) electrons. The Bertz CT molecular complexity index is 1070. The number of aliphatic hydroxyl groups is 1. The lowest BCUT2D eigenvalue weighted by Crippen LogP contribution is -2.44. The zero-order valence-electron chi connectivity index (χ0n) is 21.6. The monoisotopic (exact) mass is 514 g/mol. The van der Waals surface area contributed by atoms with Gasteiger partial charge in [0.15, 0.2) is 6.10 Å². The predicted molar refractivity (Wildman–Crippen MR) is 135 cm³/mol. The number of benzene rings is 1. The van der Waals surface area contributed by atoms with Crippen molar-refractivity contribution in [2.75, 3.05) is 6.54 Å². The van der Waals surface area contributed by atoms with E-state index < -0.39 is 24.3 Å². The second-order valence-electron chi connectivity index (χ2n) is 10.6. The number of phenolic OH excluding ortho intramolecular Hbond substituents is 1. The molecule has 1 saturated heterocycles. The summed E-state index contributed by atoms with van der Waals surface area (Å²) in [5.41, 5.74) is 2.61. The van der Waals surface area contributed by atoms with Crippen molar-refractivity contribution in [3.8, 4) is 5.75 Å². The zero-order valence-corrected chi connectivity index (χ0v) is 21.6. The molecule has 1 amide bonds. The lowest BCUT2D eigenvalue weighted by atomic mass is 9.87. The smallest absolute Gasteiger partial charge is 0.332 e. The van der Waals surface area contributed by atoms with E-state index in [2.05, 4.69) is 15.6 Å². The van der Waals surface area contributed by atoms with Crippen LogP contribution >= 0.6 is 0 Å². The Labute approximate surface area is 217 Å². The number of carbonyl (C=O) groups is 2. The van der Waals surface area contributed by atoms with Gasteiger partial charge in [-0.3, -0.25) is 9.48 Å². The van der Waals surface area contributed by atoms with Gasteiger partial charge in [-0.2, -0.15) is 0 Å². The Morgan fingerprint density at radius 2 is 1.84 bits per heavy atom. The molecule has 1 saturated carbocycles. The molecule has 37 heavy (non-hydrogen) atoms. The molecule has 10 nitrogen and oxygen atoms in total. The molecule has 2 fully saturated rings. The summed E-state index contributed by atoms with van der Waals surface area (Å²) in [7, 11) is 0. The average Bonchev–Trinajstić information content (AvgIpc) is 3.35. The molecule has 0 spiro atoms. The SMILES string of the molecule is Cc1cc(C(=O)NCC(O)CC2OC(C(=O)O)CCC2Cn2cc(C3CCCCC3)nn2)cc(C)c1O.